The third-order valence-corrected chi connectivity index (χ3v) is 4.61. The first-order valence-corrected chi connectivity index (χ1v) is 9.01. The summed E-state index contributed by atoms with van der Waals surface area (Å²) in [6.07, 6.45) is 7.65. The lowest BCUT2D eigenvalue weighted by Gasteiger charge is -2.12. The molecule has 1 N–H and O–H groups in total. The van der Waals surface area contributed by atoms with Gasteiger partial charge in [0.05, 0.1) is 5.56 Å². The van der Waals surface area contributed by atoms with Gasteiger partial charge in [0.2, 0.25) is 11.7 Å². The van der Waals surface area contributed by atoms with Crippen molar-refractivity contribution < 1.29 is 14.1 Å². The molecule has 6 nitrogen and oxygen atoms in total. The summed E-state index contributed by atoms with van der Waals surface area (Å²) >= 11 is 0. The lowest BCUT2D eigenvalue weighted by molar-refractivity contribution is 0.0947. The van der Waals surface area contributed by atoms with Crippen LogP contribution >= 0.6 is 0 Å². The third kappa shape index (κ3) is 5.05. The molecule has 1 aromatic carbocycles. The van der Waals surface area contributed by atoms with E-state index in [9.17, 15) is 4.79 Å². The van der Waals surface area contributed by atoms with Crippen molar-refractivity contribution in [3.63, 3.8) is 0 Å². The van der Waals surface area contributed by atoms with Gasteiger partial charge in [0.15, 0.2) is 6.61 Å². The summed E-state index contributed by atoms with van der Waals surface area (Å²) in [7, 11) is 0. The van der Waals surface area contributed by atoms with Gasteiger partial charge in [0, 0.05) is 13.5 Å². The van der Waals surface area contributed by atoms with Crippen LogP contribution in [0.2, 0.25) is 0 Å². The van der Waals surface area contributed by atoms with Crippen LogP contribution in [0.3, 0.4) is 0 Å². The van der Waals surface area contributed by atoms with Crippen LogP contribution in [0.4, 0.5) is 0 Å². The summed E-state index contributed by atoms with van der Waals surface area (Å²) in [6, 6.07) is 7.22. The molecule has 1 amide bonds. The van der Waals surface area contributed by atoms with Crippen LogP contribution in [0.1, 0.15) is 60.6 Å². The minimum Gasteiger partial charge on any atom is -0.485 e. The molecule has 0 atom stereocenters. The van der Waals surface area contributed by atoms with Gasteiger partial charge in [-0.15, -0.1) is 0 Å². The number of carbonyl (C=O) groups is 1. The Hall–Kier alpha value is -2.37. The topological polar surface area (TPSA) is 77.2 Å². The molecule has 1 heterocycles. The Morgan fingerprint density at radius 1 is 1.32 bits per heavy atom. The molecular weight excluding hydrogens is 318 g/mol. The molecule has 0 unspecified atom stereocenters. The predicted molar refractivity (Wildman–Crippen MR) is 93.3 cm³/mol. The van der Waals surface area contributed by atoms with E-state index >= 15 is 0 Å². The monoisotopic (exact) mass is 343 g/mol. The SMILES string of the molecule is Cc1nc(COc2ccccc2C(=O)NCCCC2CCCC2)no1. The van der Waals surface area contributed by atoms with Gasteiger partial charge in [-0.1, -0.05) is 43.0 Å². The normalized spacial score (nSPS) is 14.6. The quantitative estimate of drug-likeness (QED) is 0.740. The van der Waals surface area contributed by atoms with E-state index < -0.39 is 0 Å². The first kappa shape index (κ1) is 17.5. The number of aryl methyl sites for hydroxylation is 1. The Bertz CT molecular complexity index is 693. The van der Waals surface area contributed by atoms with Gasteiger partial charge >= 0.3 is 0 Å². The molecule has 0 radical (unpaired) electrons. The molecular formula is C19H25N3O3. The van der Waals surface area contributed by atoms with Crippen molar-refractivity contribution in [2.45, 2.75) is 52.1 Å². The maximum Gasteiger partial charge on any atom is 0.255 e. The fourth-order valence-corrected chi connectivity index (χ4v) is 3.31. The molecule has 1 aliphatic rings. The van der Waals surface area contributed by atoms with Crippen molar-refractivity contribution in [1.29, 1.82) is 0 Å². The van der Waals surface area contributed by atoms with E-state index in [0.29, 0.717) is 29.6 Å². The molecule has 2 aromatic rings. The zero-order chi connectivity index (χ0) is 17.5. The van der Waals surface area contributed by atoms with Crippen LogP contribution in [0.5, 0.6) is 5.75 Å². The molecule has 0 bridgehead atoms. The number of para-hydroxylation sites is 1. The van der Waals surface area contributed by atoms with Gasteiger partial charge in [-0.25, -0.2) is 0 Å². The molecule has 1 saturated carbocycles. The molecule has 0 saturated heterocycles. The summed E-state index contributed by atoms with van der Waals surface area (Å²) in [6.45, 7) is 2.60. The van der Waals surface area contributed by atoms with Crippen LogP contribution in [0.25, 0.3) is 0 Å². The number of rotatable bonds is 8. The minimum atomic E-state index is -0.105. The second kappa shape index (κ2) is 8.65. The number of aromatic nitrogens is 2. The smallest absolute Gasteiger partial charge is 0.255 e. The lowest BCUT2D eigenvalue weighted by atomic mass is 10.0. The maximum absolute atomic E-state index is 12.4. The van der Waals surface area contributed by atoms with Crippen molar-refractivity contribution in [2.24, 2.45) is 5.92 Å². The minimum absolute atomic E-state index is 0.105. The van der Waals surface area contributed by atoms with Crippen molar-refractivity contribution in [3.8, 4) is 5.75 Å². The highest BCUT2D eigenvalue weighted by atomic mass is 16.5. The Balaban J connectivity index is 1.49. The van der Waals surface area contributed by atoms with Gasteiger partial charge in [-0.3, -0.25) is 4.79 Å². The number of benzene rings is 1. The Kier molecular flexibility index (Phi) is 6.04. The average molecular weight is 343 g/mol. The molecule has 1 fully saturated rings. The third-order valence-electron chi connectivity index (χ3n) is 4.61. The van der Waals surface area contributed by atoms with E-state index in [1.807, 2.05) is 12.1 Å². The second-order valence-electron chi connectivity index (χ2n) is 6.56. The summed E-state index contributed by atoms with van der Waals surface area (Å²) in [4.78, 5) is 16.5. The van der Waals surface area contributed by atoms with Crippen LogP contribution < -0.4 is 10.1 Å². The average Bonchev–Trinajstić information content (AvgIpc) is 3.28. The van der Waals surface area contributed by atoms with Crippen LogP contribution in [0.15, 0.2) is 28.8 Å². The highest BCUT2D eigenvalue weighted by Crippen LogP contribution is 2.28. The summed E-state index contributed by atoms with van der Waals surface area (Å²) in [5.41, 5.74) is 0.531. The maximum atomic E-state index is 12.4. The van der Waals surface area contributed by atoms with E-state index in [0.717, 1.165) is 12.3 Å². The zero-order valence-electron chi connectivity index (χ0n) is 14.7. The molecule has 1 aliphatic carbocycles. The molecule has 25 heavy (non-hydrogen) atoms. The van der Waals surface area contributed by atoms with Gasteiger partial charge in [-0.05, 0) is 30.9 Å². The van der Waals surface area contributed by atoms with Gasteiger partial charge in [0.25, 0.3) is 5.91 Å². The summed E-state index contributed by atoms with van der Waals surface area (Å²) < 4.78 is 10.6. The molecule has 6 heteroatoms. The Morgan fingerprint density at radius 3 is 2.88 bits per heavy atom. The van der Waals surface area contributed by atoms with Crippen molar-refractivity contribution in [3.05, 3.63) is 41.5 Å². The van der Waals surface area contributed by atoms with E-state index in [1.165, 1.54) is 32.1 Å². The fraction of sp³-hybridized carbons (Fsp3) is 0.526. The number of amides is 1. The summed E-state index contributed by atoms with van der Waals surface area (Å²) in [5.74, 6) is 2.23. The fourth-order valence-electron chi connectivity index (χ4n) is 3.31. The van der Waals surface area contributed by atoms with Gasteiger partial charge in [0.1, 0.15) is 5.75 Å². The Morgan fingerprint density at radius 2 is 2.12 bits per heavy atom. The van der Waals surface area contributed by atoms with E-state index in [-0.39, 0.29) is 12.5 Å². The second-order valence-corrected chi connectivity index (χ2v) is 6.56. The van der Waals surface area contributed by atoms with Crippen molar-refractivity contribution in [1.82, 2.24) is 15.5 Å². The van der Waals surface area contributed by atoms with E-state index in [1.54, 1.807) is 19.1 Å². The van der Waals surface area contributed by atoms with Crippen molar-refractivity contribution in [2.75, 3.05) is 6.54 Å². The van der Waals surface area contributed by atoms with Crippen molar-refractivity contribution >= 4 is 5.91 Å². The highest BCUT2D eigenvalue weighted by Gasteiger charge is 2.15. The number of nitrogens with one attached hydrogen (secondary N) is 1. The first-order chi connectivity index (χ1) is 12.2. The van der Waals surface area contributed by atoms with Crippen LogP contribution in [0, 0.1) is 12.8 Å². The van der Waals surface area contributed by atoms with Gasteiger partial charge < -0.3 is 14.6 Å². The zero-order valence-corrected chi connectivity index (χ0v) is 14.7. The van der Waals surface area contributed by atoms with Crippen LogP contribution in [-0.2, 0) is 6.61 Å². The molecule has 1 aromatic heterocycles. The number of hydrogen-bond acceptors (Lipinski definition) is 5. The van der Waals surface area contributed by atoms with E-state index in [4.69, 9.17) is 9.26 Å². The highest BCUT2D eigenvalue weighted by molar-refractivity contribution is 5.96. The molecule has 134 valence electrons. The predicted octanol–water partition coefficient (Wildman–Crippen LogP) is 3.66. The molecule has 0 spiro atoms. The lowest BCUT2D eigenvalue weighted by Crippen LogP contribution is -2.25. The standard InChI is InChI=1S/C19H25N3O3/c1-14-21-18(22-25-14)13-24-17-11-5-4-10-16(17)19(23)20-12-6-9-15-7-2-3-8-15/h4-5,10-11,15H,2-3,6-9,12-13H2,1H3,(H,20,23). The number of ether oxygens (including phenoxy) is 1. The number of carbonyl (C=O) groups excluding carboxylic acids is 1. The van der Waals surface area contributed by atoms with Crippen LogP contribution in [-0.4, -0.2) is 22.6 Å². The largest absolute Gasteiger partial charge is 0.485 e. The Labute approximate surface area is 148 Å². The first-order valence-electron chi connectivity index (χ1n) is 9.01. The molecule has 3 rings (SSSR count). The van der Waals surface area contributed by atoms with E-state index in [2.05, 4.69) is 15.5 Å². The van der Waals surface area contributed by atoms with Gasteiger partial charge in [-0.2, -0.15) is 4.98 Å². The number of nitrogens with zero attached hydrogens (tertiary/aromatic N) is 2. The summed E-state index contributed by atoms with van der Waals surface area (Å²) in [5, 5.41) is 6.79. The number of hydrogen-bond donors (Lipinski definition) is 1. The molecule has 0 aliphatic heterocycles.